The molecule has 5 heteroatoms. The lowest BCUT2D eigenvalue weighted by atomic mass is 9.77. The summed E-state index contributed by atoms with van der Waals surface area (Å²) in [5.41, 5.74) is 6.11. The molecule has 21 heavy (non-hydrogen) atoms. The number of carboxylic acids is 1. The molecule has 0 bridgehead atoms. The van der Waals surface area contributed by atoms with E-state index >= 15 is 0 Å². The van der Waals surface area contributed by atoms with Gasteiger partial charge in [-0.15, -0.1) is 0 Å². The van der Waals surface area contributed by atoms with Crippen molar-refractivity contribution in [1.82, 2.24) is 4.90 Å². The van der Waals surface area contributed by atoms with Crippen molar-refractivity contribution in [2.75, 3.05) is 13.1 Å². The first-order chi connectivity index (χ1) is 9.98. The summed E-state index contributed by atoms with van der Waals surface area (Å²) in [5, 5.41) is 9.51. The zero-order valence-electron chi connectivity index (χ0n) is 12.3. The lowest BCUT2D eigenvalue weighted by Gasteiger charge is -2.39. The maximum Gasteiger partial charge on any atom is 0.310 e. The molecule has 1 aliphatic rings. The molecule has 1 atom stereocenters. The summed E-state index contributed by atoms with van der Waals surface area (Å²) in [4.78, 5) is 25.2. The number of hydrogen-bond acceptors (Lipinski definition) is 3. The number of carboxylic acid groups (broad SMARTS) is 1. The summed E-state index contributed by atoms with van der Waals surface area (Å²) in [6.07, 6.45) is 2.20. The quantitative estimate of drug-likeness (QED) is 0.867. The minimum atomic E-state index is -0.724. The maximum absolute atomic E-state index is 11.6. The third-order valence-electron chi connectivity index (χ3n) is 4.46. The van der Waals surface area contributed by atoms with Gasteiger partial charge in [0.25, 0.3) is 0 Å². The number of likely N-dealkylation sites (tertiary alicyclic amines) is 1. The van der Waals surface area contributed by atoms with Crippen molar-refractivity contribution in [3.05, 3.63) is 35.4 Å². The zero-order chi connectivity index (χ0) is 15.5. The molecule has 1 aromatic rings. The Bertz CT molecular complexity index is 544. The van der Waals surface area contributed by atoms with Gasteiger partial charge in [-0.25, -0.2) is 0 Å². The molecule has 1 aliphatic heterocycles. The monoisotopic (exact) mass is 290 g/mol. The summed E-state index contributed by atoms with van der Waals surface area (Å²) in [6, 6.07) is 7.25. The molecule has 1 amide bonds. The fourth-order valence-electron chi connectivity index (χ4n) is 3.12. The van der Waals surface area contributed by atoms with Gasteiger partial charge in [-0.1, -0.05) is 25.1 Å². The first-order valence-electron chi connectivity index (χ1n) is 7.32. The van der Waals surface area contributed by atoms with Crippen LogP contribution in [0.2, 0.25) is 0 Å². The number of carbonyl (C=O) groups excluding carboxylic acids is 1. The number of hydrogen-bond donors (Lipinski definition) is 2. The second-order valence-electron chi connectivity index (χ2n) is 5.77. The van der Waals surface area contributed by atoms with Crippen molar-refractivity contribution in [3.63, 3.8) is 0 Å². The Morgan fingerprint density at radius 1 is 1.38 bits per heavy atom. The Morgan fingerprint density at radius 3 is 2.71 bits per heavy atom. The number of benzene rings is 1. The highest BCUT2D eigenvalue weighted by molar-refractivity contribution is 5.94. The molecule has 1 heterocycles. The Kier molecular flexibility index (Phi) is 4.63. The zero-order valence-corrected chi connectivity index (χ0v) is 12.3. The number of piperidine rings is 1. The van der Waals surface area contributed by atoms with Gasteiger partial charge in [0.2, 0.25) is 5.91 Å². The normalized spacial score (nSPS) is 22.9. The molecule has 0 aliphatic carbocycles. The average Bonchev–Trinajstić information content (AvgIpc) is 2.47. The van der Waals surface area contributed by atoms with Gasteiger partial charge in [-0.05, 0) is 37.4 Å². The van der Waals surface area contributed by atoms with Crippen LogP contribution in [0.4, 0.5) is 0 Å². The van der Waals surface area contributed by atoms with Gasteiger partial charge in [0.05, 0.1) is 5.41 Å². The van der Waals surface area contributed by atoms with Gasteiger partial charge in [0.1, 0.15) is 0 Å². The highest BCUT2D eigenvalue weighted by atomic mass is 16.4. The van der Waals surface area contributed by atoms with Crippen LogP contribution in [0.3, 0.4) is 0 Å². The summed E-state index contributed by atoms with van der Waals surface area (Å²) in [6.45, 7) is 3.86. The van der Waals surface area contributed by atoms with E-state index in [1.165, 1.54) is 0 Å². The third kappa shape index (κ3) is 3.24. The van der Waals surface area contributed by atoms with Crippen LogP contribution >= 0.6 is 0 Å². The Hall–Kier alpha value is -1.88. The molecule has 1 saturated heterocycles. The van der Waals surface area contributed by atoms with Gasteiger partial charge in [-0.2, -0.15) is 0 Å². The predicted molar refractivity (Wildman–Crippen MR) is 79.8 cm³/mol. The van der Waals surface area contributed by atoms with Crippen LogP contribution in [-0.2, 0) is 11.3 Å². The van der Waals surface area contributed by atoms with E-state index in [0.717, 1.165) is 18.5 Å². The van der Waals surface area contributed by atoms with Crippen LogP contribution in [0.1, 0.15) is 42.1 Å². The second-order valence-corrected chi connectivity index (χ2v) is 5.77. The van der Waals surface area contributed by atoms with Gasteiger partial charge in [0, 0.05) is 18.7 Å². The summed E-state index contributed by atoms with van der Waals surface area (Å²) in [5.74, 6) is -1.17. The Balaban J connectivity index is 2.17. The number of nitrogens with zero attached hydrogens (tertiary/aromatic N) is 1. The summed E-state index contributed by atoms with van der Waals surface area (Å²) >= 11 is 0. The van der Waals surface area contributed by atoms with E-state index in [-0.39, 0.29) is 0 Å². The molecule has 114 valence electrons. The summed E-state index contributed by atoms with van der Waals surface area (Å²) in [7, 11) is 0. The number of aliphatic carboxylic acids is 1. The van der Waals surface area contributed by atoms with E-state index < -0.39 is 17.3 Å². The fraction of sp³-hybridized carbons (Fsp3) is 0.500. The van der Waals surface area contributed by atoms with Crippen LogP contribution in [-0.4, -0.2) is 35.0 Å². The van der Waals surface area contributed by atoms with Crippen LogP contribution in [0, 0.1) is 5.41 Å². The van der Waals surface area contributed by atoms with E-state index in [1.54, 1.807) is 12.1 Å². The number of rotatable bonds is 5. The van der Waals surface area contributed by atoms with Crippen LogP contribution < -0.4 is 5.73 Å². The Labute approximate surface area is 124 Å². The smallest absolute Gasteiger partial charge is 0.310 e. The molecular formula is C16H22N2O3. The van der Waals surface area contributed by atoms with Crippen LogP contribution in [0.5, 0.6) is 0 Å². The fourth-order valence-corrected chi connectivity index (χ4v) is 3.12. The molecule has 1 fully saturated rings. The molecule has 5 nitrogen and oxygen atoms in total. The van der Waals surface area contributed by atoms with Crippen LogP contribution in [0.15, 0.2) is 24.3 Å². The third-order valence-corrected chi connectivity index (χ3v) is 4.46. The minimum absolute atomic E-state index is 0.442. The minimum Gasteiger partial charge on any atom is -0.481 e. The van der Waals surface area contributed by atoms with E-state index in [2.05, 4.69) is 4.90 Å². The van der Waals surface area contributed by atoms with E-state index in [1.807, 2.05) is 19.1 Å². The van der Waals surface area contributed by atoms with E-state index in [0.29, 0.717) is 31.5 Å². The molecule has 0 saturated carbocycles. The highest BCUT2D eigenvalue weighted by Crippen LogP contribution is 2.34. The maximum atomic E-state index is 11.6. The number of carbonyl (C=O) groups is 2. The first-order valence-corrected chi connectivity index (χ1v) is 7.32. The molecular weight excluding hydrogens is 268 g/mol. The average molecular weight is 290 g/mol. The van der Waals surface area contributed by atoms with Crippen molar-refractivity contribution in [3.8, 4) is 0 Å². The van der Waals surface area contributed by atoms with Crippen molar-refractivity contribution < 1.29 is 14.7 Å². The van der Waals surface area contributed by atoms with Crippen molar-refractivity contribution in [2.24, 2.45) is 11.1 Å². The van der Waals surface area contributed by atoms with Crippen LogP contribution in [0.25, 0.3) is 0 Å². The van der Waals surface area contributed by atoms with Gasteiger partial charge >= 0.3 is 5.97 Å². The number of amides is 1. The summed E-state index contributed by atoms with van der Waals surface area (Å²) < 4.78 is 0. The molecule has 3 N–H and O–H groups in total. The number of primary amides is 1. The predicted octanol–water partition coefficient (Wildman–Crippen LogP) is 1.86. The van der Waals surface area contributed by atoms with Gasteiger partial charge < -0.3 is 10.8 Å². The number of nitrogens with two attached hydrogens (primary N) is 1. The van der Waals surface area contributed by atoms with Gasteiger partial charge in [0.15, 0.2) is 0 Å². The van der Waals surface area contributed by atoms with Crippen molar-refractivity contribution in [2.45, 2.75) is 32.7 Å². The lowest BCUT2D eigenvalue weighted by Crippen LogP contribution is -2.47. The van der Waals surface area contributed by atoms with Crippen molar-refractivity contribution >= 4 is 11.9 Å². The molecule has 1 unspecified atom stereocenters. The molecule has 0 radical (unpaired) electrons. The molecule has 0 aromatic heterocycles. The molecule has 2 rings (SSSR count). The second kappa shape index (κ2) is 6.26. The Morgan fingerprint density at radius 2 is 2.10 bits per heavy atom. The lowest BCUT2D eigenvalue weighted by molar-refractivity contribution is -0.153. The standard InChI is InChI=1S/C16H22N2O3/c1-2-16(15(20)21)8-5-9-18(11-16)10-12-6-3-4-7-13(12)14(17)19/h3-4,6-7H,2,5,8-11H2,1H3,(H2,17,19)(H,20,21). The first kappa shape index (κ1) is 15.5. The van der Waals surface area contributed by atoms with E-state index in [9.17, 15) is 14.7 Å². The van der Waals surface area contributed by atoms with E-state index in [4.69, 9.17) is 5.73 Å². The van der Waals surface area contributed by atoms with Gasteiger partial charge in [-0.3, -0.25) is 14.5 Å². The highest BCUT2D eigenvalue weighted by Gasteiger charge is 2.40. The molecule has 1 aromatic carbocycles. The molecule has 0 spiro atoms. The topological polar surface area (TPSA) is 83.6 Å². The van der Waals surface area contributed by atoms with Crippen molar-refractivity contribution in [1.29, 1.82) is 0 Å². The largest absolute Gasteiger partial charge is 0.481 e. The SMILES string of the molecule is CCC1(C(=O)O)CCCN(Cc2ccccc2C(N)=O)C1.